The molecule has 134 valence electrons. The van der Waals surface area contributed by atoms with E-state index in [1.165, 1.54) is 24.3 Å². The van der Waals surface area contributed by atoms with E-state index in [1.807, 2.05) is 0 Å². The molecule has 2 aromatic heterocycles. The van der Waals surface area contributed by atoms with Gasteiger partial charge >= 0.3 is 12.6 Å². The van der Waals surface area contributed by atoms with Gasteiger partial charge in [-0.05, 0) is 35.9 Å². The van der Waals surface area contributed by atoms with E-state index in [-0.39, 0.29) is 12.4 Å². The predicted molar refractivity (Wildman–Crippen MR) is 92.1 cm³/mol. The van der Waals surface area contributed by atoms with Crippen LogP contribution in [0.1, 0.15) is 11.3 Å². The zero-order valence-corrected chi connectivity index (χ0v) is 14.1. The number of imidazole rings is 1. The molecule has 2 heterocycles. The van der Waals surface area contributed by atoms with Crippen LogP contribution in [0, 0.1) is 0 Å². The van der Waals surface area contributed by atoms with Crippen LogP contribution in [-0.2, 0) is 16.1 Å². The molecule has 0 saturated heterocycles. The average Bonchev–Trinajstić information content (AvgIpc) is 3.01. The van der Waals surface area contributed by atoms with Crippen LogP contribution in [0.25, 0.3) is 11.7 Å². The molecule has 0 unspecified atom stereocenters. The zero-order valence-electron chi connectivity index (χ0n) is 13.3. The topological polar surface area (TPSA) is 52.8 Å². The Labute approximate surface area is 152 Å². The third-order valence-electron chi connectivity index (χ3n) is 3.34. The van der Waals surface area contributed by atoms with Crippen molar-refractivity contribution in [3.8, 4) is 5.75 Å². The van der Waals surface area contributed by atoms with Crippen LogP contribution >= 0.6 is 11.6 Å². The van der Waals surface area contributed by atoms with Crippen molar-refractivity contribution in [2.24, 2.45) is 0 Å². The van der Waals surface area contributed by atoms with Crippen LogP contribution in [0.15, 0.2) is 54.9 Å². The largest absolute Gasteiger partial charge is 0.456 e. The number of alkyl halides is 2. The number of ether oxygens (including phenoxy) is 2. The Balaban J connectivity index is 1.55. The van der Waals surface area contributed by atoms with Crippen molar-refractivity contribution in [1.82, 2.24) is 9.38 Å². The van der Waals surface area contributed by atoms with Crippen molar-refractivity contribution in [1.29, 1.82) is 0 Å². The molecule has 0 radical (unpaired) electrons. The third kappa shape index (κ3) is 4.80. The van der Waals surface area contributed by atoms with E-state index >= 15 is 0 Å². The number of carbonyl (C=O) groups excluding carboxylic acids is 1. The van der Waals surface area contributed by atoms with Gasteiger partial charge < -0.3 is 13.9 Å². The first-order valence-electron chi connectivity index (χ1n) is 7.52. The van der Waals surface area contributed by atoms with Gasteiger partial charge in [0.15, 0.2) is 0 Å². The number of fused-ring (bicyclic) bond motifs is 1. The van der Waals surface area contributed by atoms with Crippen LogP contribution < -0.4 is 4.74 Å². The maximum Gasteiger partial charge on any atom is 0.387 e. The fourth-order valence-corrected chi connectivity index (χ4v) is 2.37. The van der Waals surface area contributed by atoms with E-state index in [4.69, 9.17) is 16.3 Å². The molecule has 3 rings (SSSR count). The Bertz CT molecular complexity index is 939. The molecule has 0 spiro atoms. The fraction of sp³-hybridized carbons (Fsp3) is 0.111. The monoisotopic (exact) mass is 378 g/mol. The second kappa shape index (κ2) is 7.97. The van der Waals surface area contributed by atoms with Crippen LogP contribution in [-0.4, -0.2) is 22.0 Å². The van der Waals surface area contributed by atoms with Crippen molar-refractivity contribution in [2.75, 3.05) is 0 Å². The normalized spacial score (nSPS) is 11.4. The summed E-state index contributed by atoms with van der Waals surface area (Å²) in [5.41, 5.74) is 1.93. The number of pyridine rings is 1. The molecule has 0 aliphatic carbocycles. The SMILES string of the molecule is O=C(/C=C/c1ccc(OC(F)F)cc1)OCc1cn2cc(Cl)ccc2n1. The molecule has 26 heavy (non-hydrogen) atoms. The van der Waals surface area contributed by atoms with Gasteiger partial charge in [0.05, 0.1) is 10.7 Å². The Kier molecular flexibility index (Phi) is 5.48. The first-order valence-corrected chi connectivity index (χ1v) is 7.90. The van der Waals surface area contributed by atoms with Gasteiger partial charge in [-0.2, -0.15) is 8.78 Å². The Hall–Kier alpha value is -2.93. The molecule has 0 saturated carbocycles. The number of carbonyl (C=O) groups is 1. The number of rotatable bonds is 6. The highest BCUT2D eigenvalue weighted by Gasteiger charge is 2.05. The Morgan fingerprint density at radius 2 is 1.96 bits per heavy atom. The van der Waals surface area contributed by atoms with E-state index in [9.17, 15) is 13.6 Å². The number of halogens is 3. The highest BCUT2D eigenvalue weighted by molar-refractivity contribution is 6.30. The Morgan fingerprint density at radius 3 is 2.69 bits per heavy atom. The zero-order chi connectivity index (χ0) is 18.5. The molecule has 1 aromatic carbocycles. The van der Waals surface area contributed by atoms with Gasteiger partial charge in [0.2, 0.25) is 0 Å². The van der Waals surface area contributed by atoms with Crippen molar-refractivity contribution < 1.29 is 23.0 Å². The molecule has 5 nitrogen and oxygen atoms in total. The minimum Gasteiger partial charge on any atom is -0.456 e. The second-order valence-electron chi connectivity index (χ2n) is 5.23. The summed E-state index contributed by atoms with van der Waals surface area (Å²) in [4.78, 5) is 16.1. The third-order valence-corrected chi connectivity index (χ3v) is 3.57. The van der Waals surface area contributed by atoms with Crippen LogP contribution in [0.5, 0.6) is 5.75 Å². The number of aromatic nitrogens is 2. The lowest BCUT2D eigenvalue weighted by Gasteiger charge is -2.03. The van der Waals surface area contributed by atoms with Crippen molar-refractivity contribution in [3.63, 3.8) is 0 Å². The smallest absolute Gasteiger partial charge is 0.387 e. The fourth-order valence-electron chi connectivity index (χ4n) is 2.20. The highest BCUT2D eigenvalue weighted by Crippen LogP contribution is 2.16. The van der Waals surface area contributed by atoms with Crippen molar-refractivity contribution >= 4 is 29.3 Å². The average molecular weight is 379 g/mol. The summed E-state index contributed by atoms with van der Waals surface area (Å²) in [6.07, 6.45) is 6.18. The number of nitrogens with zero attached hydrogens (tertiary/aromatic N) is 2. The molecule has 8 heteroatoms. The number of hydrogen-bond donors (Lipinski definition) is 0. The molecular formula is C18H13ClF2N2O3. The summed E-state index contributed by atoms with van der Waals surface area (Å²) in [7, 11) is 0. The summed E-state index contributed by atoms with van der Waals surface area (Å²) in [5.74, 6) is -0.500. The van der Waals surface area contributed by atoms with Gasteiger partial charge in [0.25, 0.3) is 0 Å². The molecule has 0 bridgehead atoms. The minimum absolute atomic E-state index is 0.0175. The van der Waals surface area contributed by atoms with E-state index in [2.05, 4.69) is 9.72 Å². The lowest BCUT2D eigenvalue weighted by molar-refractivity contribution is -0.139. The molecule has 0 amide bonds. The van der Waals surface area contributed by atoms with E-state index in [1.54, 1.807) is 41.1 Å². The molecule has 0 atom stereocenters. The molecular weight excluding hydrogens is 366 g/mol. The van der Waals surface area contributed by atoms with Crippen LogP contribution in [0.3, 0.4) is 0 Å². The maximum atomic E-state index is 12.1. The van der Waals surface area contributed by atoms with E-state index in [0.29, 0.717) is 21.9 Å². The molecule has 0 N–H and O–H groups in total. The summed E-state index contributed by atoms with van der Waals surface area (Å²) in [5, 5.41) is 0.575. The maximum absolute atomic E-state index is 12.1. The number of esters is 1. The number of benzene rings is 1. The number of hydrogen-bond acceptors (Lipinski definition) is 4. The van der Waals surface area contributed by atoms with Gasteiger partial charge in [-0.1, -0.05) is 23.7 Å². The van der Waals surface area contributed by atoms with Crippen LogP contribution in [0.2, 0.25) is 5.02 Å². The quantitative estimate of drug-likeness (QED) is 0.473. The summed E-state index contributed by atoms with van der Waals surface area (Å²) in [6, 6.07) is 9.35. The Morgan fingerprint density at radius 1 is 1.19 bits per heavy atom. The van der Waals surface area contributed by atoms with E-state index < -0.39 is 12.6 Å². The van der Waals surface area contributed by atoms with Gasteiger partial charge in [-0.15, -0.1) is 0 Å². The van der Waals surface area contributed by atoms with Crippen molar-refractivity contribution in [3.05, 3.63) is 71.1 Å². The van der Waals surface area contributed by atoms with Gasteiger partial charge in [-0.25, -0.2) is 9.78 Å². The van der Waals surface area contributed by atoms with Crippen LogP contribution in [0.4, 0.5) is 8.78 Å². The minimum atomic E-state index is -2.87. The molecule has 0 aliphatic heterocycles. The lowest BCUT2D eigenvalue weighted by atomic mass is 10.2. The van der Waals surface area contributed by atoms with E-state index in [0.717, 1.165) is 0 Å². The first-order chi connectivity index (χ1) is 12.5. The molecule has 0 aliphatic rings. The first kappa shape index (κ1) is 17.9. The summed E-state index contributed by atoms with van der Waals surface area (Å²) in [6.45, 7) is -2.86. The standard InChI is InChI=1S/C18H13ClF2N2O3/c19-13-4-7-16-22-14(10-23(16)9-13)11-25-17(24)8-3-12-1-5-15(6-2-12)26-18(20)21/h1-10,18H,11H2/b8-3+. The van der Waals surface area contributed by atoms with Crippen molar-refractivity contribution in [2.45, 2.75) is 13.2 Å². The second-order valence-corrected chi connectivity index (χ2v) is 5.67. The highest BCUT2D eigenvalue weighted by atomic mass is 35.5. The van der Waals surface area contributed by atoms with Gasteiger partial charge in [0.1, 0.15) is 18.0 Å². The molecule has 3 aromatic rings. The summed E-state index contributed by atoms with van der Waals surface area (Å²) < 4.78 is 35.3. The summed E-state index contributed by atoms with van der Waals surface area (Å²) >= 11 is 5.90. The van der Waals surface area contributed by atoms with Gasteiger partial charge in [0, 0.05) is 18.5 Å². The molecule has 0 fully saturated rings. The van der Waals surface area contributed by atoms with Gasteiger partial charge in [-0.3, -0.25) is 0 Å². The lowest BCUT2D eigenvalue weighted by Crippen LogP contribution is -2.01. The predicted octanol–water partition coefficient (Wildman–Crippen LogP) is 4.35.